The summed E-state index contributed by atoms with van der Waals surface area (Å²) in [5.41, 5.74) is 0.819. The van der Waals surface area contributed by atoms with Gasteiger partial charge in [-0.25, -0.2) is 0 Å². The number of benzene rings is 1. The molecular weight excluding hydrogens is 372 g/mol. The molecule has 2 heterocycles. The number of nitrogens with one attached hydrogen (secondary N) is 1. The van der Waals surface area contributed by atoms with E-state index in [9.17, 15) is 9.59 Å². The second kappa shape index (κ2) is 9.54. The molecule has 1 aromatic heterocycles. The fraction of sp³-hybridized carbons (Fsp3) is 0.524. The summed E-state index contributed by atoms with van der Waals surface area (Å²) in [4.78, 5) is 31.0. The predicted molar refractivity (Wildman–Crippen MR) is 107 cm³/mol. The number of aromatic nitrogens is 2. The molecule has 1 aliphatic heterocycles. The summed E-state index contributed by atoms with van der Waals surface area (Å²) < 4.78 is 10.7. The zero-order valence-corrected chi connectivity index (χ0v) is 17.2. The van der Waals surface area contributed by atoms with Crippen molar-refractivity contribution in [3.8, 4) is 17.1 Å². The monoisotopic (exact) mass is 400 g/mol. The topological polar surface area (TPSA) is 97.6 Å². The largest absolute Gasteiger partial charge is 0.494 e. The lowest BCUT2D eigenvalue weighted by atomic mass is 9.99. The number of amides is 2. The van der Waals surface area contributed by atoms with Gasteiger partial charge in [-0.3, -0.25) is 9.59 Å². The van der Waals surface area contributed by atoms with Gasteiger partial charge >= 0.3 is 0 Å². The molecular formula is C21H28N4O4. The van der Waals surface area contributed by atoms with Crippen LogP contribution >= 0.6 is 0 Å². The Balaban J connectivity index is 1.59. The van der Waals surface area contributed by atoms with Crippen LogP contribution in [0.3, 0.4) is 0 Å². The Bertz CT molecular complexity index is 831. The molecule has 1 aliphatic rings. The van der Waals surface area contributed by atoms with Crippen LogP contribution in [-0.4, -0.2) is 52.6 Å². The summed E-state index contributed by atoms with van der Waals surface area (Å²) in [6.45, 7) is 7.65. The van der Waals surface area contributed by atoms with Crippen molar-refractivity contribution in [3.05, 3.63) is 30.2 Å². The lowest BCUT2D eigenvalue weighted by molar-refractivity contribution is -0.143. The van der Waals surface area contributed by atoms with Crippen LogP contribution in [0.5, 0.6) is 5.75 Å². The van der Waals surface area contributed by atoms with Crippen LogP contribution < -0.4 is 10.1 Å². The molecule has 1 saturated heterocycles. The Kier molecular flexibility index (Phi) is 6.85. The van der Waals surface area contributed by atoms with Crippen molar-refractivity contribution >= 4 is 11.8 Å². The third-order valence-corrected chi connectivity index (χ3v) is 4.79. The summed E-state index contributed by atoms with van der Waals surface area (Å²) in [6.07, 6.45) is 1.22. The normalized spacial score (nSPS) is 16.8. The highest BCUT2D eigenvalue weighted by Crippen LogP contribution is 2.21. The number of nitrogens with zero attached hydrogens (tertiary/aromatic N) is 3. The van der Waals surface area contributed by atoms with Crippen LogP contribution in [0.1, 0.15) is 39.5 Å². The zero-order valence-electron chi connectivity index (χ0n) is 17.2. The SMILES string of the molecule is CCOc1ccc(-c2noc(CCC(=O)N3CCNC(=O)[C@H]3CC(C)C)n2)cc1. The summed E-state index contributed by atoms with van der Waals surface area (Å²) in [5, 5.41) is 6.85. The molecule has 29 heavy (non-hydrogen) atoms. The molecule has 1 fully saturated rings. The molecule has 1 atom stereocenters. The van der Waals surface area contributed by atoms with E-state index in [0.29, 0.717) is 50.2 Å². The van der Waals surface area contributed by atoms with Crippen LogP contribution in [0.15, 0.2) is 28.8 Å². The van der Waals surface area contributed by atoms with Gasteiger partial charge < -0.3 is 19.5 Å². The molecule has 8 nitrogen and oxygen atoms in total. The van der Waals surface area contributed by atoms with Gasteiger partial charge in [-0.05, 0) is 43.5 Å². The van der Waals surface area contributed by atoms with E-state index in [4.69, 9.17) is 9.26 Å². The molecule has 3 rings (SSSR count). The first-order valence-corrected chi connectivity index (χ1v) is 10.1. The molecule has 0 unspecified atom stereocenters. The molecule has 2 aromatic rings. The van der Waals surface area contributed by atoms with Gasteiger partial charge in [0.25, 0.3) is 0 Å². The third kappa shape index (κ3) is 5.34. The van der Waals surface area contributed by atoms with E-state index in [-0.39, 0.29) is 18.2 Å². The molecule has 1 N–H and O–H groups in total. The van der Waals surface area contributed by atoms with Gasteiger partial charge in [0, 0.05) is 31.5 Å². The Morgan fingerprint density at radius 1 is 1.34 bits per heavy atom. The fourth-order valence-corrected chi connectivity index (χ4v) is 3.39. The minimum atomic E-state index is -0.404. The van der Waals surface area contributed by atoms with Crippen LogP contribution in [0, 0.1) is 5.92 Å². The van der Waals surface area contributed by atoms with Gasteiger partial charge in [0.15, 0.2) is 0 Å². The van der Waals surface area contributed by atoms with E-state index in [1.807, 2.05) is 45.0 Å². The Labute approximate surface area is 170 Å². The molecule has 0 radical (unpaired) electrons. The van der Waals surface area contributed by atoms with E-state index in [2.05, 4.69) is 15.5 Å². The lowest BCUT2D eigenvalue weighted by Crippen LogP contribution is -2.57. The second-order valence-electron chi connectivity index (χ2n) is 7.49. The summed E-state index contributed by atoms with van der Waals surface area (Å²) in [6, 6.07) is 7.04. The smallest absolute Gasteiger partial charge is 0.242 e. The maximum atomic E-state index is 12.7. The van der Waals surface area contributed by atoms with Crippen LogP contribution in [0.4, 0.5) is 0 Å². The van der Waals surface area contributed by atoms with Crippen LogP contribution in [-0.2, 0) is 16.0 Å². The molecule has 0 aliphatic carbocycles. The number of carbonyl (C=O) groups is 2. The van der Waals surface area contributed by atoms with Gasteiger partial charge in [0.2, 0.25) is 23.5 Å². The molecule has 0 bridgehead atoms. The highest BCUT2D eigenvalue weighted by atomic mass is 16.5. The summed E-state index contributed by atoms with van der Waals surface area (Å²) in [5.74, 6) is 1.86. The van der Waals surface area contributed by atoms with Crippen LogP contribution in [0.25, 0.3) is 11.4 Å². The van der Waals surface area contributed by atoms with Crippen molar-refractivity contribution in [2.24, 2.45) is 5.92 Å². The first kappa shape index (κ1) is 20.8. The molecule has 1 aromatic carbocycles. The average molecular weight is 400 g/mol. The molecule has 8 heteroatoms. The standard InChI is InChI=1S/C21H28N4O4/c1-4-28-16-7-5-15(6-8-16)20-23-18(29-24-20)9-10-19(26)25-12-11-22-21(27)17(25)13-14(2)3/h5-8,14,17H,4,9-13H2,1-3H3,(H,22,27)/t17-/m1/s1. The summed E-state index contributed by atoms with van der Waals surface area (Å²) in [7, 11) is 0. The first-order valence-electron chi connectivity index (χ1n) is 10.1. The molecule has 2 amide bonds. The number of ether oxygens (including phenoxy) is 1. The first-order chi connectivity index (χ1) is 14.0. The van der Waals surface area contributed by atoms with E-state index in [1.165, 1.54) is 0 Å². The van der Waals surface area contributed by atoms with Gasteiger partial charge in [-0.15, -0.1) is 0 Å². The molecule has 0 spiro atoms. The van der Waals surface area contributed by atoms with Gasteiger partial charge in [0.1, 0.15) is 11.8 Å². The van der Waals surface area contributed by atoms with Crippen LogP contribution in [0.2, 0.25) is 0 Å². The number of piperazine rings is 1. The van der Waals surface area contributed by atoms with Gasteiger partial charge in [-0.2, -0.15) is 4.98 Å². The van der Waals surface area contributed by atoms with E-state index in [0.717, 1.165) is 11.3 Å². The third-order valence-electron chi connectivity index (χ3n) is 4.79. The number of hydrogen-bond acceptors (Lipinski definition) is 6. The van der Waals surface area contributed by atoms with E-state index >= 15 is 0 Å². The quantitative estimate of drug-likeness (QED) is 0.731. The van der Waals surface area contributed by atoms with Crippen molar-refractivity contribution in [2.45, 2.75) is 46.1 Å². The van der Waals surface area contributed by atoms with Gasteiger partial charge in [-0.1, -0.05) is 19.0 Å². The average Bonchev–Trinajstić information content (AvgIpc) is 3.17. The maximum Gasteiger partial charge on any atom is 0.242 e. The summed E-state index contributed by atoms with van der Waals surface area (Å²) >= 11 is 0. The van der Waals surface area contributed by atoms with Crippen molar-refractivity contribution < 1.29 is 18.8 Å². The number of aryl methyl sites for hydroxylation is 1. The molecule has 156 valence electrons. The molecule has 0 saturated carbocycles. The highest BCUT2D eigenvalue weighted by molar-refractivity contribution is 5.88. The Morgan fingerprint density at radius 2 is 2.10 bits per heavy atom. The number of hydrogen-bond donors (Lipinski definition) is 1. The van der Waals surface area contributed by atoms with Gasteiger partial charge in [0.05, 0.1) is 6.61 Å². The zero-order chi connectivity index (χ0) is 20.8. The number of carbonyl (C=O) groups excluding carboxylic acids is 2. The Hall–Kier alpha value is -2.90. The van der Waals surface area contributed by atoms with Crippen molar-refractivity contribution in [2.75, 3.05) is 19.7 Å². The minimum Gasteiger partial charge on any atom is -0.494 e. The van der Waals surface area contributed by atoms with Crippen molar-refractivity contribution in [3.63, 3.8) is 0 Å². The highest BCUT2D eigenvalue weighted by Gasteiger charge is 2.33. The minimum absolute atomic E-state index is 0.0636. The lowest BCUT2D eigenvalue weighted by Gasteiger charge is -2.36. The Morgan fingerprint density at radius 3 is 2.79 bits per heavy atom. The van der Waals surface area contributed by atoms with Crippen molar-refractivity contribution in [1.29, 1.82) is 0 Å². The number of rotatable bonds is 8. The maximum absolute atomic E-state index is 12.7. The fourth-order valence-electron chi connectivity index (χ4n) is 3.39. The predicted octanol–water partition coefficient (Wildman–Crippen LogP) is 2.44. The van der Waals surface area contributed by atoms with Crippen molar-refractivity contribution in [1.82, 2.24) is 20.4 Å². The van der Waals surface area contributed by atoms with E-state index < -0.39 is 6.04 Å². The second-order valence-corrected chi connectivity index (χ2v) is 7.49. The van der Waals surface area contributed by atoms with E-state index in [1.54, 1.807) is 4.90 Å².